The summed E-state index contributed by atoms with van der Waals surface area (Å²) in [5.74, 6) is 0. The van der Waals surface area contributed by atoms with Crippen molar-refractivity contribution in [1.29, 1.82) is 0 Å². The first-order valence-electron chi connectivity index (χ1n) is 5.71. The first-order valence-corrected chi connectivity index (χ1v) is 6.08. The molecule has 0 aliphatic rings. The fourth-order valence-corrected chi connectivity index (χ4v) is 1.97. The molecule has 0 spiro atoms. The van der Waals surface area contributed by atoms with Crippen molar-refractivity contribution >= 4 is 17.3 Å². The normalized spacial score (nSPS) is 10.3. The van der Waals surface area contributed by atoms with Gasteiger partial charge in [0.25, 0.3) is 0 Å². The van der Waals surface area contributed by atoms with Crippen LogP contribution in [0.4, 0.5) is 5.69 Å². The van der Waals surface area contributed by atoms with Crippen molar-refractivity contribution in [3.63, 3.8) is 0 Å². The molecule has 0 amide bonds. The summed E-state index contributed by atoms with van der Waals surface area (Å²) in [6.07, 6.45) is 0. The zero-order valence-electron chi connectivity index (χ0n) is 10.1. The van der Waals surface area contributed by atoms with Crippen LogP contribution in [-0.4, -0.2) is 0 Å². The van der Waals surface area contributed by atoms with Gasteiger partial charge in [0.15, 0.2) is 0 Å². The number of hydrogen-bond donors (Lipinski definition) is 1. The second-order valence-electron chi connectivity index (χ2n) is 4.32. The van der Waals surface area contributed by atoms with Gasteiger partial charge in [0.05, 0.1) is 10.7 Å². The zero-order chi connectivity index (χ0) is 12.3. The molecule has 0 heterocycles. The lowest BCUT2D eigenvalue weighted by atomic mass is 10.1. The summed E-state index contributed by atoms with van der Waals surface area (Å²) in [5.41, 5.74) is 4.70. The first kappa shape index (κ1) is 12.0. The third kappa shape index (κ3) is 3.24. The van der Waals surface area contributed by atoms with Gasteiger partial charge in [0, 0.05) is 6.54 Å². The van der Waals surface area contributed by atoms with E-state index in [1.165, 1.54) is 16.7 Å². The lowest BCUT2D eigenvalue weighted by Crippen LogP contribution is -1.99. The topological polar surface area (TPSA) is 12.0 Å². The largest absolute Gasteiger partial charge is 0.380 e. The average molecular weight is 246 g/mol. The van der Waals surface area contributed by atoms with E-state index in [4.69, 9.17) is 11.6 Å². The van der Waals surface area contributed by atoms with Crippen molar-refractivity contribution < 1.29 is 0 Å². The van der Waals surface area contributed by atoms with Crippen LogP contribution in [0.5, 0.6) is 0 Å². The van der Waals surface area contributed by atoms with E-state index in [1.54, 1.807) is 0 Å². The molecule has 0 aliphatic carbocycles. The Hall–Kier alpha value is -1.47. The van der Waals surface area contributed by atoms with Crippen molar-refractivity contribution in [3.05, 3.63) is 64.2 Å². The van der Waals surface area contributed by atoms with E-state index < -0.39 is 0 Å². The molecule has 2 rings (SSSR count). The standard InChI is InChI=1S/C15H16ClN/c1-11-3-6-13(7-4-11)10-17-15-8-5-12(2)9-14(15)16/h3-9,17H,10H2,1-2H3. The zero-order valence-corrected chi connectivity index (χ0v) is 10.9. The Kier molecular flexibility index (Phi) is 3.70. The summed E-state index contributed by atoms with van der Waals surface area (Å²) in [6.45, 7) is 4.92. The Morgan fingerprint density at radius 1 is 0.941 bits per heavy atom. The quantitative estimate of drug-likeness (QED) is 0.835. The molecule has 0 bridgehead atoms. The predicted molar refractivity (Wildman–Crippen MR) is 74.7 cm³/mol. The number of halogens is 1. The molecule has 0 saturated heterocycles. The molecule has 2 aromatic rings. The van der Waals surface area contributed by atoms with Crippen molar-refractivity contribution in [2.75, 3.05) is 5.32 Å². The Morgan fingerprint density at radius 3 is 2.24 bits per heavy atom. The molecule has 17 heavy (non-hydrogen) atoms. The molecule has 2 aromatic carbocycles. The SMILES string of the molecule is Cc1ccc(CNc2ccc(C)cc2Cl)cc1. The van der Waals surface area contributed by atoms with E-state index >= 15 is 0 Å². The molecule has 2 heteroatoms. The van der Waals surface area contributed by atoms with Gasteiger partial charge in [0.1, 0.15) is 0 Å². The van der Waals surface area contributed by atoms with Gasteiger partial charge < -0.3 is 5.32 Å². The third-order valence-corrected chi connectivity index (χ3v) is 3.04. The second-order valence-corrected chi connectivity index (χ2v) is 4.73. The van der Waals surface area contributed by atoms with E-state index in [2.05, 4.69) is 42.6 Å². The lowest BCUT2D eigenvalue weighted by molar-refractivity contribution is 1.14. The van der Waals surface area contributed by atoms with Crippen LogP contribution in [-0.2, 0) is 6.54 Å². The van der Waals surface area contributed by atoms with Gasteiger partial charge in [0.2, 0.25) is 0 Å². The number of benzene rings is 2. The highest BCUT2D eigenvalue weighted by Crippen LogP contribution is 2.23. The molecular formula is C15H16ClN. The third-order valence-electron chi connectivity index (χ3n) is 2.73. The van der Waals surface area contributed by atoms with Gasteiger partial charge in [-0.3, -0.25) is 0 Å². The maximum Gasteiger partial charge on any atom is 0.0640 e. The molecule has 0 saturated carbocycles. The molecule has 0 fully saturated rings. The molecule has 1 N–H and O–H groups in total. The van der Waals surface area contributed by atoms with Crippen LogP contribution in [0.3, 0.4) is 0 Å². The Bertz CT molecular complexity index is 503. The van der Waals surface area contributed by atoms with Crippen LogP contribution >= 0.6 is 11.6 Å². The van der Waals surface area contributed by atoms with Crippen LogP contribution in [0, 0.1) is 13.8 Å². The number of anilines is 1. The first-order chi connectivity index (χ1) is 8.15. The Balaban J connectivity index is 2.04. The maximum absolute atomic E-state index is 6.16. The number of aryl methyl sites for hydroxylation is 2. The average Bonchev–Trinajstić information content (AvgIpc) is 2.30. The van der Waals surface area contributed by atoms with E-state index in [1.807, 2.05) is 19.1 Å². The van der Waals surface area contributed by atoms with Crippen molar-refractivity contribution in [1.82, 2.24) is 0 Å². The van der Waals surface area contributed by atoms with Crippen molar-refractivity contribution in [2.24, 2.45) is 0 Å². The van der Waals surface area contributed by atoms with Crippen LogP contribution in [0.25, 0.3) is 0 Å². The van der Waals surface area contributed by atoms with Gasteiger partial charge in [-0.15, -0.1) is 0 Å². The molecule has 0 aliphatic heterocycles. The summed E-state index contributed by atoms with van der Waals surface area (Å²) in [7, 11) is 0. The minimum Gasteiger partial charge on any atom is -0.380 e. The summed E-state index contributed by atoms with van der Waals surface area (Å²) >= 11 is 6.16. The highest BCUT2D eigenvalue weighted by atomic mass is 35.5. The second kappa shape index (κ2) is 5.24. The van der Waals surface area contributed by atoms with Crippen LogP contribution in [0.15, 0.2) is 42.5 Å². The predicted octanol–water partition coefficient (Wildman–Crippen LogP) is 4.57. The molecule has 0 aromatic heterocycles. The summed E-state index contributed by atoms with van der Waals surface area (Å²) < 4.78 is 0. The van der Waals surface area contributed by atoms with Gasteiger partial charge in [-0.25, -0.2) is 0 Å². The maximum atomic E-state index is 6.16. The summed E-state index contributed by atoms with van der Waals surface area (Å²) in [6, 6.07) is 14.5. The van der Waals surface area contributed by atoms with Crippen molar-refractivity contribution in [3.8, 4) is 0 Å². The van der Waals surface area contributed by atoms with E-state index in [0.717, 1.165) is 17.3 Å². The molecule has 0 unspecified atom stereocenters. The lowest BCUT2D eigenvalue weighted by Gasteiger charge is -2.09. The van der Waals surface area contributed by atoms with Gasteiger partial charge in [-0.05, 0) is 37.1 Å². The molecule has 88 valence electrons. The molecular weight excluding hydrogens is 230 g/mol. The van der Waals surface area contributed by atoms with Crippen molar-refractivity contribution in [2.45, 2.75) is 20.4 Å². The van der Waals surface area contributed by atoms with Gasteiger partial charge in [-0.1, -0.05) is 47.5 Å². The van der Waals surface area contributed by atoms with E-state index in [-0.39, 0.29) is 0 Å². The minimum atomic E-state index is 0.775. The van der Waals surface area contributed by atoms with Gasteiger partial charge in [-0.2, -0.15) is 0 Å². The Morgan fingerprint density at radius 2 is 1.59 bits per heavy atom. The minimum absolute atomic E-state index is 0.775. The summed E-state index contributed by atoms with van der Waals surface area (Å²) in [4.78, 5) is 0. The molecule has 0 atom stereocenters. The van der Waals surface area contributed by atoms with Crippen LogP contribution in [0.2, 0.25) is 5.02 Å². The monoisotopic (exact) mass is 245 g/mol. The smallest absolute Gasteiger partial charge is 0.0640 e. The summed E-state index contributed by atoms with van der Waals surface area (Å²) in [5, 5.41) is 4.12. The number of rotatable bonds is 3. The highest BCUT2D eigenvalue weighted by molar-refractivity contribution is 6.33. The highest BCUT2D eigenvalue weighted by Gasteiger charge is 1.99. The Labute approximate surface area is 107 Å². The van der Waals surface area contributed by atoms with E-state index in [9.17, 15) is 0 Å². The number of nitrogens with one attached hydrogen (secondary N) is 1. The number of hydrogen-bond acceptors (Lipinski definition) is 1. The fraction of sp³-hybridized carbons (Fsp3) is 0.200. The van der Waals surface area contributed by atoms with Crippen LogP contribution < -0.4 is 5.32 Å². The molecule has 1 nitrogen and oxygen atoms in total. The van der Waals surface area contributed by atoms with Gasteiger partial charge >= 0.3 is 0 Å². The van der Waals surface area contributed by atoms with E-state index in [0.29, 0.717) is 0 Å². The fourth-order valence-electron chi connectivity index (χ4n) is 1.67. The van der Waals surface area contributed by atoms with Crippen LogP contribution in [0.1, 0.15) is 16.7 Å². The molecule has 0 radical (unpaired) electrons.